The molecule has 0 bridgehead atoms. The normalized spacial score (nSPS) is 13.3. The van der Waals surface area contributed by atoms with Crippen LogP contribution >= 0.6 is 0 Å². The van der Waals surface area contributed by atoms with Crippen LogP contribution in [0.1, 0.15) is 38.3 Å². The highest BCUT2D eigenvalue weighted by Crippen LogP contribution is 2.17. The first-order chi connectivity index (χ1) is 8.81. The Labute approximate surface area is 115 Å². The van der Waals surface area contributed by atoms with Crippen LogP contribution in [0.3, 0.4) is 0 Å². The fraction of sp³-hybridized carbons (Fsp3) is 0.500. The summed E-state index contributed by atoms with van der Waals surface area (Å²) in [4.78, 5) is 0.211. The van der Waals surface area contributed by atoms with Crippen molar-refractivity contribution < 1.29 is 8.42 Å². The maximum Gasteiger partial charge on any atom is 0.240 e. The molecule has 19 heavy (non-hydrogen) atoms. The first kappa shape index (κ1) is 15.7. The number of benzene rings is 1. The lowest BCUT2D eigenvalue weighted by atomic mass is 10.0. The van der Waals surface area contributed by atoms with Gasteiger partial charge in [-0.3, -0.25) is 0 Å². The maximum absolute atomic E-state index is 12.3. The van der Waals surface area contributed by atoms with Gasteiger partial charge in [-0.2, -0.15) is 5.26 Å². The molecule has 1 rings (SSSR count). The molecule has 1 unspecified atom stereocenters. The van der Waals surface area contributed by atoms with Crippen LogP contribution < -0.4 is 4.72 Å². The van der Waals surface area contributed by atoms with E-state index in [2.05, 4.69) is 4.72 Å². The zero-order valence-corrected chi connectivity index (χ0v) is 12.6. The summed E-state index contributed by atoms with van der Waals surface area (Å²) in [5.74, 6) is 0.235. The third kappa shape index (κ3) is 3.79. The summed E-state index contributed by atoms with van der Waals surface area (Å²) >= 11 is 0. The topological polar surface area (TPSA) is 70.0 Å². The molecule has 1 aromatic carbocycles. The van der Waals surface area contributed by atoms with E-state index in [-0.39, 0.29) is 16.9 Å². The first-order valence-electron chi connectivity index (χ1n) is 6.35. The van der Waals surface area contributed by atoms with Gasteiger partial charge in [-0.15, -0.1) is 0 Å². The van der Waals surface area contributed by atoms with Crippen molar-refractivity contribution in [2.45, 2.75) is 45.1 Å². The molecule has 1 aromatic rings. The third-order valence-electron chi connectivity index (χ3n) is 3.18. The molecule has 0 amide bonds. The lowest BCUT2D eigenvalue weighted by Gasteiger charge is -2.20. The van der Waals surface area contributed by atoms with Crippen molar-refractivity contribution in [1.29, 1.82) is 5.26 Å². The Morgan fingerprint density at radius 1 is 1.37 bits per heavy atom. The Kier molecular flexibility index (Phi) is 5.10. The summed E-state index contributed by atoms with van der Waals surface area (Å²) < 4.78 is 27.2. The average Bonchev–Trinajstić information content (AvgIpc) is 2.35. The SMILES string of the molecule is CCC(NS(=O)(=O)c1ccc(C#N)c(C)c1)C(C)C. The monoisotopic (exact) mass is 280 g/mol. The molecule has 0 fully saturated rings. The number of nitrogens with zero attached hydrogens (tertiary/aromatic N) is 1. The predicted molar refractivity (Wildman–Crippen MR) is 75.1 cm³/mol. The molecule has 0 radical (unpaired) electrons. The van der Waals surface area contributed by atoms with Crippen molar-refractivity contribution in [3.8, 4) is 6.07 Å². The van der Waals surface area contributed by atoms with Gasteiger partial charge in [-0.25, -0.2) is 13.1 Å². The van der Waals surface area contributed by atoms with Crippen LogP contribution in [0.15, 0.2) is 23.1 Å². The highest BCUT2D eigenvalue weighted by atomic mass is 32.2. The Hall–Kier alpha value is -1.38. The predicted octanol–water partition coefficient (Wildman–Crippen LogP) is 2.58. The quantitative estimate of drug-likeness (QED) is 0.901. The lowest BCUT2D eigenvalue weighted by Crippen LogP contribution is -2.37. The van der Waals surface area contributed by atoms with Crippen LogP contribution in [0.4, 0.5) is 0 Å². The van der Waals surface area contributed by atoms with Crippen LogP contribution in [0, 0.1) is 24.2 Å². The van der Waals surface area contributed by atoms with Crippen LogP contribution in [0.25, 0.3) is 0 Å². The summed E-state index contributed by atoms with van der Waals surface area (Å²) in [6.07, 6.45) is 0.742. The van der Waals surface area contributed by atoms with Crippen molar-refractivity contribution >= 4 is 10.0 Å². The van der Waals surface area contributed by atoms with Gasteiger partial charge in [0.25, 0.3) is 0 Å². The summed E-state index contributed by atoms with van der Waals surface area (Å²) in [5, 5.41) is 8.85. The fourth-order valence-corrected chi connectivity index (χ4v) is 3.44. The molecule has 0 spiro atoms. The summed E-state index contributed by atoms with van der Waals surface area (Å²) in [5.41, 5.74) is 1.16. The molecule has 5 heteroatoms. The molecule has 0 heterocycles. The maximum atomic E-state index is 12.3. The van der Waals surface area contributed by atoms with E-state index >= 15 is 0 Å². The summed E-state index contributed by atoms with van der Waals surface area (Å²) in [6.45, 7) is 7.66. The van der Waals surface area contributed by atoms with Crippen LogP contribution in [-0.2, 0) is 10.0 Å². The number of rotatable bonds is 5. The first-order valence-corrected chi connectivity index (χ1v) is 7.83. The number of hydrogen-bond acceptors (Lipinski definition) is 3. The zero-order valence-electron chi connectivity index (χ0n) is 11.8. The molecule has 1 atom stereocenters. The van der Waals surface area contributed by atoms with E-state index in [4.69, 9.17) is 5.26 Å². The molecule has 104 valence electrons. The van der Waals surface area contributed by atoms with Crippen molar-refractivity contribution in [2.24, 2.45) is 5.92 Å². The van der Waals surface area contributed by atoms with Gasteiger partial charge in [0.05, 0.1) is 16.5 Å². The molecule has 0 aliphatic heterocycles. The largest absolute Gasteiger partial charge is 0.240 e. The summed E-state index contributed by atoms with van der Waals surface area (Å²) in [7, 11) is -3.52. The Morgan fingerprint density at radius 2 is 2.00 bits per heavy atom. The Bertz CT molecular complexity index is 586. The van der Waals surface area contributed by atoms with Crippen molar-refractivity contribution in [3.05, 3.63) is 29.3 Å². The Balaban J connectivity index is 3.08. The van der Waals surface area contributed by atoms with Crippen LogP contribution in [0.2, 0.25) is 0 Å². The molecular formula is C14H20N2O2S. The molecule has 0 aromatic heterocycles. The van der Waals surface area contributed by atoms with E-state index in [1.165, 1.54) is 12.1 Å². The molecule has 4 nitrogen and oxygen atoms in total. The fourth-order valence-electron chi connectivity index (χ4n) is 1.89. The number of hydrogen-bond donors (Lipinski definition) is 1. The smallest absolute Gasteiger partial charge is 0.208 e. The van der Waals surface area contributed by atoms with E-state index in [9.17, 15) is 8.42 Å². The standard InChI is InChI=1S/C14H20N2O2S/c1-5-14(10(2)3)16-19(17,18)13-7-6-12(9-15)11(4)8-13/h6-8,10,14,16H,5H2,1-4H3. The minimum Gasteiger partial charge on any atom is -0.208 e. The van der Waals surface area contributed by atoms with Gasteiger partial charge < -0.3 is 0 Å². The van der Waals surface area contributed by atoms with Crippen molar-refractivity contribution in [2.75, 3.05) is 0 Å². The van der Waals surface area contributed by atoms with Crippen molar-refractivity contribution in [1.82, 2.24) is 4.72 Å². The highest BCUT2D eigenvalue weighted by molar-refractivity contribution is 7.89. The van der Waals surface area contributed by atoms with Gasteiger partial charge in [0.15, 0.2) is 0 Å². The molecule has 0 saturated heterocycles. The van der Waals surface area contributed by atoms with Gasteiger partial charge >= 0.3 is 0 Å². The molecule has 0 saturated carbocycles. The second kappa shape index (κ2) is 6.18. The molecular weight excluding hydrogens is 260 g/mol. The van der Waals surface area contributed by atoms with E-state index in [1.807, 2.05) is 26.8 Å². The van der Waals surface area contributed by atoms with Crippen LogP contribution in [-0.4, -0.2) is 14.5 Å². The second-order valence-electron chi connectivity index (χ2n) is 4.97. The van der Waals surface area contributed by atoms with Crippen LogP contribution in [0.5, 0.6) is 0 Å². The zero-order chi connectivity index (χ0) is 14.6. The third-order valence-corrected chi connectivity index (χ3v) is 4.67. The van der Waals surface area contributed by atoms with E-state index in [0.29, 0.717) is 11.1 Å². The number of nitriles is 1. The molecule has 0 aliphatic rings. The average molecular weight is 280 g/mol. The van der Waals surface area contributed by atoms with Gasteiger partial charge in [0, 0.05) is 6.04 Å². The lowest BCUT2D eigenvalue weighted by molar-refractivity contribution is 0.437. The molecule has 0 aliphatic carbocycles. The number of sulfonamides is 1. The number of aryl methyl sites for hydroxylation is 1. The Morgan fingerprint density at radius 3 is 2.42 bits per heavy atom. The number of nitrogens with one attached hydrogen (secondary N) is 1. The van der Waals surface area contributed by atoms with E-state index in [0.717, 1.165) is 6.42 Å². The van der Waals surface area contributed by atoms with E-state index < -0.39 is 10.0 Å². The minimum atomic E-state index is -3.52. The van der Waals surface area contributed by atoms with Crippen molar-refractivity contribution in [3.63, 3.8) is 0 Å². The highest BCUT2D eigenvalue weighted by Gasteiger charge is 2.21. The summed E-state index contributed by atoms with van der Waals surface area (Å²) in [6, 6.07) is 6.50. The van der Waals surface area contributed by atoms with Gasteiger partial charge in [-0.1, -0.05) is 20.8 Å². The second-order valence-corrected chi connectivity index (χ2v) is 6.68. The van der Waals surface area contributed by atoms with Gasteiger partial charge in [0.1, 0.15) is 0 Å². The molecule has 1 N–H and O–H groups in total. The minimum absolute atomic E-state index is 0.0825. The van der Waals surface area contributed by atoms with E-state index in [1.54, 1.807) is 13.0 Å². The van der Waals surface area contributed by atoms with Gasteiger partial charge in [0.2, 0.25) is 10.0 Å². The van der Waals surface area contributed by atoms with Gasteiger partial charge in [-0.05, 0) is 43.0 Å².